The summed E-state index contributed by atoms with van der Waals surface area (Å²) in [4.78, 5) is 25.2. The Hall–Kier alpha value is -2.89. The highest BCUT2D eigenvalue weighted by Gasteiger charge is 2.10. The van der Waals surface area contributed by atoms with Crippen LogP contribution in [0.5, 0.6) is 5.75 Å². The van der Waals surface area contributed by atoms with Crippen LogP contribution in [0.4, 0.5) is 10.1 Å². The number of nitrogens with zero attached hydrogens (tertiary/aromatic N) is 1. The average Bonchev–Trinajstić information content (AvgIpc) is 2.52. The van der Waals surface area contributed by atoms with Gasteiger partial charge in [-0.2, -0.15) is 0 Å². The number of amides is 2. The molecule has 5 nitrogen and oxygen atoms in total. The molecule has 23 heavy (non-hydrogen) atoms. The van der Waals surface area contributed by atoms with E-state index in [9.17, 15) is 14.0 Å². The monoisotopic (exact) mass is 316 g/mol. The van der Waals surface area contributed by atoms with Crippen molar-refractivity contribution in [1.29, 1.82) is 0 Å². The van der Waals surface area contributed by atoms with Crippen molar-refractivity contribution in [2.45, 2.75) is 0 Å². The highest BCUT2D eigenvalue weighted by molar-refractivity contribution is 5.97. The van der Waals surface area contributed by atoms with Gasteiger partial charge >= 0.3 is 0 Å². The zero-order chi connectivity index (χ0) is 16.8. The summed E-state index contributed by atoms with van der Waals surface area (Å²) in [6, 6.07) is 12.2. The van der Waals surface area contributed by atoms with Gasteiger partial charge in [0, 0.05) is 31.4 Å². The third-order valence-corrected chi connectivity index (χ3v) is 2.97. The molecule has 6 heteroatoms. The van der Waals surface area contributed by atoms with Crippen molar-refractivity contribution in [3.05, 3.63) is 59.9 Å². The smallest absolute Gasteiger partial charge is 0.262 e. The number of rotatable bonds is 5. The first-order valence-corrected chi connectivity index (χ1v) is 6.95. The van der Waals surface area contributed by atoms with Crippen LogP contribution >= 0.6 is 0 Å². The molecular weight excluding hydrogens is 299 g/mol. The van der Waals surface area contributed by atoms with E-state index in [-0.39, 0.29) is 18.3 Å². The van der Waals surface area contributed by atoms with E-state index in [1.54, 1.807) is 44.4 Å². The van der Waals surface area contributed by atoms with Crippen molar-refractivity contribution in [2.75, 3.05) is 26.0 Å². The van der Waals surface area contributed by atoms with Crippen molar-refractivity contribution in [3.8, 4) is 5.75 Å². The molecule has 2 aromatic carbocycles. The van der Waals surface area contributed by atoms with E-state index in [2.05, 4.69) is 5.32 Å². The molecule has 0 saturated heterocycles. The van der Waals surface area contributed by atoms with Gasteiger partial charge in [0.2, 0.25) is 0 Å². The number of ether oxygens (including phenoxy) is 1. The fourth-order valence-electron chi connectivity index (χ4n) is 1.89. The summed E-state index contributed by atoms with van der Waals surface area (Å²) in [5.41, 5.74) is 0.962. The van der Waals surface area contributed by atoms with Crippen LogP contribution in [0.15, 0.2) is 48.5 Å². The fraction of sp³-hybridized carbons (Fsp3) is 0.176. The Balaban J connectivity index is 1.95. The lowest BCUT2D eigenvalue weighted by Gasteiger charge is -2.12. The van der Waals surface area contributed by atoms with E-state index in [1.807, 2.05) is 0 Å². The van der Waals surface area contributed by atoms with E-state index in [1.165, 1.54) is 23.1 Å². The maximum Gasteiger partial charge on any atom is 0.262 e. The van der Waals surface area contributed by atoms with Gasteiger partial charge in [0.1, 0.15) is 11.6 Å². The number of halogens is 1. The number of anilines is 1. The average molecular weight is 316 g/mol. The number of hydrogen-bond donors (Lipinski definition) is 1. The minimum Gasteiger partial charge on any atom is -0.484 e. The molecular formula is C17H17FN2O3. The fourth-order valence-corrected chi connectivity index (χ4v) is 1.89. The van der Waals surface area contributed by atoms with E-state index in [0.29, 0.717) is 11.3 Å². The Bertz CT molecular complexity index is 716. The molecule has 2 aromatic rings. The quantitative estimate of drug-likeness (QED) is 0.922. The van der Waals surface area contributed by atoms with Gasteiger partial charge in [-0.25, -0.2) is 4.39 Å². The SMILES string of the molecule is CN(C)C(=O)c1cccc(NC(=O)COc2cccc(F)c2)c1. The van der Waals surface area contributed by atoms with Crippen molar-refractivity contribution in [1.82, 2.24) is 4.90 Å². The zero-order valence-corrected chi connectivity index (χ0v) is 12.9. The second kappa shape index (κ2) is 7.40. The third-order valence-electron chi connectivity index (χ3n) is 2.97. The van der Waals surface area contributed by atoms with Gasteiger partial charge in [0.05, 0.1) is 0 Å². The lowest BCUT2D eigenvalue weighted by molar-refractivity contribution is -0.118. The Morgan fingerprint density at radius 1 is 1.13 bits per heavy atom. The topological polar surface area (TPSA) is 58.6 Å². The summed E-state index contributed by atoms with van der Waals surface area (Å²) in [7, 11) is 3.31. The molecule has 0 fully saturated rings. The van der Waals surface area contributed by atoms with Gasteiger partial charge in [-0.3, -0.25) is 9.59 Å². The van der Waals surface area contributed by atoms with Crippen LogP contribution in [0.25, 0.3) is 0 Å². The highest BCUT2D eigenvalue weighted by Crippen LogP contribution is 2.14. The van der Waals surface area contributed by atoms with E-state index < -0.39 is 11.7 Å². The molecule has 0 radical (unpaired) electrons. The van der Waals surface area contributed by atoms with E-state index >= 15 is 0 Å². The molecule has 2 rings (SSSR count). The van der Waals surface area contributed by atoms with Gasteiger partial charge in [-0.1, -0.05) is 12.1 Å². The van der Waals surface area contributed by atoms with Crippen LogP contribution in [0, 0.1) is 5.82 Å². The molecule has 0 heterocycles. The molecule has 0 bridgehead atoms. The normalized spacial score (nSPS) is 10.0. The first-order chi connectivity index (χ1) is 11.0. The number of carbonyl (C=O) groups excluding carboxylic acids is 2. The van der Waals surface area contributed by atoms with Crippen LogP contribution in [0.2, 0.25) is 0 Å². The summed E-state index contributed by atoms with van der Waals surface area (Å²) < 4.78 is 18.2. The third kappa shape index (κ3) is 4.81. The number of carbonyl (C=O) groups is 2. The molecule has 0 aliphatic rings. The van der Waals surface area contributed by atoms with Crippen molar-refractivity contribution >= 4 is 17.5 Å². The largest absolute Gasteiger partial charge is 0.484 e. The Morgan fingerprint density at radius 3 is 2.57 bits per heavy atom. The lowest BCUT2D eigenvalue weighted by Crippen LogP contribution is -2.23. The second-order valence-electron chi connectivity index (χ2n) is 5.07. The summed E-state index contributed by atoms with van der Waals surface area (Å²) in [5, 5.41) is 2.63. The number of hydrogen-bond acceptors (Lipinski definition) is 3. The molecule has 1 N–H and O–H groups in total. The molecule has 120 valence electrons. The minimum absolute atomic E-state index is 0.155. The minimum atomic E-state index is -0.433. The number of benzene rings is 2. The van der Waals surface area contributed by atoms with Gasteiger partial charge in [0.25, 0.3) is 11.8 Å². The molecule has 0 aliphatic heterocycles. The summed E-state index contributed by atoms with van der Waals surface area (Å²) in [5.74, 6) is -0.713. The summed E-state index contributed by atoms with van der Waals surface area (Å²) in [6.07, 6.45) is 0. The molecule has 2 amide bonds. The van der Waals surface area contributed by atoms with E-state index in [0.717, 1.165) is 0 Å². The second-order valence-corrected chi connectivity index (χ2v) is 5.07. The molecule has 0 atom stereocenters. The van der Waals surface area contributed by atoms with Crippen LogP contribution in [0.3, 0.4) is 0 Å². The first kappa shape index (κ1) is 16.5. The van der Waals surface area contributed by atoms with Gasteiger partial charge in [-0.05, 0) is 30.3 Å². The van der Waals surface area contributed by atoms with Gasteiger partial charge < -0.3 is 15.0 Å². The Morgan fingerprint density at radius 2 is 1.87 bits per heavy atom. The lowest BCUT2D eigenvalue weighted by atomic mass is 10.2. The maximum absolute atomic E-state index is 13.0. The summed E-state index contributed by atoms with van der Waals surface area (Å²) in [6.45, 7) is -0.255. The Labute approximate surface area is 133 Å². The molecule has 0 aromatic heterocycles. The molecule has 0 spiro atoms. The Kier molecular flexibility index (Phi) is 5.30. The first-order valence-electron chi connectivity index (χ1n) is 6.95. The van der Waals surface area contributed by atoms with Crippen LogP contribution < -0.4 is 10.1 Å². The predicted molar refractivity (Wildman–Crippen MR) is 85.0 cm³/mol. The zero-order valence-electron chi connectivity index (χ0n) is 12.9. The van der Waals surface area contributed by atoms with Crippen LogP contribution in [-0.4, -0.2) is 37.4 Å². The van der Waals surface area contributed by atoms with Crippen molar-refractivity contribution < 1.29 is 18.7 Å². The molecule has 0 unspecified atom stereocenters. The van der Waals surface area contributed by atoms with Crippen molar-refractivity contribution in [3.63, 3.8) is 0 Å². The number of nitrogens with one attached hydrogen (secondary N) is 1. The van der Waals surface area contributed by atoms with Gasteiger partial charge in [-0.15, -0.1) is 0 Å². The highest BCUT2D eigenvalue weighted by atomic mass is 19.1. The predicted octanol–water partition coefficient (Wildman–Crippen LogP) is 2.55. The van der Waals surface area contributed by atoms with Crippen LogP contribution in [-0.2, 0) is 4.79 Å². The maximum atomic E-state index is 13.0. The van der Waals surface area contributed by atoms with E-state index in [4.69, 9.17) is 4.74 Å². The van der Waals surface area contributed by atoms with Crippen LogP contribution in [0.1, 0.15) is 10.4 Å². The molecule has 0 saturated carbocycles. The van der Waals surface area contributed by atoms with Crippen molar-refractivity contribution in [2.24, 2.45) is 0 Å². The summed E-state index contributed by atoms with van der Waals surface area (Å²) >= 11 is 0. The van der Waals surface area contributed by atoms with Gasteiger partial charge in [0.15, 0.2) is 6.61 Å². The molecule has 0 aliphatic carbocycles. The standard InChI is InChI=1S/C17H17FN2O3/c1-20(2)17(22)12-5-3-7-14(9-12)19-16(21)11-23-15-8-4-6-13(18)10-15/h3-10H,11H2,1-2H3,(H,19,21).